The first kappa shape index (κ1) is 29.6. The summed E-state index contributed by atoms with van der Waals surface area (Å²) in [5.41, 5.74) is 3.39. The van der Waals surface area contributed by atoms with Crippen LogP contribution in [0.15, 0.2) is 58.4 Å². The van der Waals surface area contributed by atoms with Crippen molar-refractivity contribution in [2.75, 3.05) is 21.3 Å². The number of aryl methyl sites for hydroxylation is 1. The second kappa shape index (κ2) is 12.4. The fraction of sp³-hybridized carbons (Fsp3) is 0.290. The number of carbonyl (C=O) groups excluding carboxylic acids is 1. The van der Waals surface area contributed by atoms with Gasteiger partial charge in [0.1, 0.15) is 5.75 Å². The van der Waals surface area contributed by atoms with Gasteiger partial charge in [0.2, 0.25) is 0 Å². The quantitative estimate of drug-likeness (QED) is 0.178. The SMILES string of the molecule is COC(=O)[C@H](C)Oc1c(Cl)cc(C=Nn2c(-c3cc(C(C)C)c(OC)cc3C)nc3ccccc3c2=O)cc1OC. The molecule has 10 heteroatoms. The van der Waals surface area contributed by atoms with Crippen molar-refractivity contribution in [2.45, 2.75) is 39.7 Å². The first-order valence-electron chi connectivity index (χ1n) is 13.0. The number of carbonyl (C=O) groups is 1. The van der Waals surface area contributed by atoms with E-state index in [9.17, 15) is 9.59 Å². The second-order valence-electron chi connectivity index (χ2n) is 9.70. The number of nitrogens with zero attached hydrogens (tertiary/aromatic N) is 3. The Hall–Kier alpha value is -4.37. The number of rotatable bonds is 9. The maximum Gasteiger partial charge on any atom is 0.346 e. The number of esters is 1. The molecule has 1 atom stereocenters. The van der Waals surface area contributed by atoms with Gasteiger partial charge >= 0.3 is 5.97 Å². The standard InChI is InChI=1S/C31H32ClN3O6/c1-17(2)22-15-23(18(3)12-26(22)38-5)29-34-25-11-9-8-10-21(25)30(36)35(29)33-16-20-13-24(32)28(27(14-20)39-6)41-19(4)31(37)40-7/h8-17,19H,1-7H3/t19-/m0/s1. The predicted octanol–water partition coefficient (Wildman–Crippen LogP) is 5.99. The smallest absolute Gasteiger partial charge is 0.346 e. The average Bonchev–Trinajstić information content (AvgIpc) is 2.96. The molecule has 0 fully saturated rings. The summed E-state index contributed by atoms with van der Waals surface area (Å²) in [6.45, 7) is 7.64. The molecule has 1 heterocycles. The van der Waals surface area contributed by atoms with Gasteiger partial charge in [-0.2, -0.15) is 9.78 Å². The summed E-state index contributed by atoms with van der Waals surface area (Å²) in [6.07, 6.45) is 0.588. The van der Waals surface area contributed by atoms with E-state index in [1.165, 1.54) is 25.1 Å². The van der Waals surface area contributed by atoms with Crippen molar-refractivity contribution in [2.24, 2.45) is 5.10 Å². The molecule has 0 spiro atoms. The molecule has 0 amide bonds. The lowest BCUT2D eigenvalue weighted by atomic mass is 9.96. The largest absolute Gasteiger partial charge is 0.496 e. The highest BCUT2D eigenvalue weighted by Crippen LogP contribution is 2.37. The van der Waals surface area contributed by atoms with Gasteiger partial charge in [-0.15, -0.1) is 0 Å². The zero-order valence-corrected chi connectivity index (χ0v) is 24.8. The molecule has 0 aliphatic rings. The van der Waals surface area contributed by atoms with Gasteiger partial charge in [0, 0.05) is 5.56 Å². The van der Waals surface area contributed by atoms with Gasteiger partial charge in [-0.25, -0.2) is 9.78 Å². The number of hydrogen-bond donors (Lipinski definition) is 0. The van der Waals surface area contributed by atoms with Crippen LogP contribution < -0.4 is 19.8 Å². The molecule has 0 aliphatic heterocycles. The first-order valence-corrected chi connectivity index (χ1v) is 13.3. The summed E-state index contributed by atoms with van der Waals surface area (Å²) in [5.74, 6) is 1.24. The fourth-order valence-electron chi connectivity index (χ4n) is 4.42. The summed E-state index contributed by atoms with van der Waals surface area (Å²) in [7, 11) is 4.37. The highest BCUT2D eigenvalue weighted by atomic mass is 35.5. The third-order valence-corrected chi connectivity index (χ3v) is 6.88. The first-order chi connectivity index (χ1) is 19.6. The van der Waals surface area contributed by atoms with Crippen LogP contribution in [0, 0.1) is 6.92 Å². The van der Waals surface area contributed by atoms with E-state index in [1.807, 2.05) is 25.1 Å². The summed E-state index contributed by atoms with van der Waals surface area (Å²) in [4.78, 5) is 30.4. The number of methoxy groups -OCH3 is 3. The Bertz CT molecular complexity index is 1700. The lowest BCUT2D eigenvalue weighted by molar-refractivity contribution is -0.147. The zero-order valence-electron chi connectivity index (χ0n) is 24.0. The van der Waals surface area contributed by atoms with Crippen molar-refractivity contribution in [3.63, 3.8) is 0 Å². The van der Waals surface area contributed by atoms with Crippen molar-refractivity contribution < 1.29 is 23.7 Å². The van der Waals surface area contributed by atoms with Crippen molar-refractivity contribution in [3.05, 3.63) is 80.6 Å². The van der Waals surface area contributed by atoms with Gasteiger partial charge in [-0.05, 0) is 72.9 Å². The summed E-state index contributed by atoms with van der Waals surface area (Å²) in [6, 6.07) is 14.3. The monoisotopic (exact) mass is 577 g/mol. The van der Waals surface area contributed by atoms with Crippen molar-refractivity contribution in [3.8, 4) is 28.6 Å². The van der Waals surface area contributed by atoms with Crippen LogP contribution in [0.2, 0.25) is 5.02 Å². The minimum absolute atomic E-state index is 0.172. The van der Waals surface area contributed by atoms with Crippen LogP contribution in [0.5, 0.6) is 17.2 Å². The molecule has 0 N–H and O–H groups in total. The number of halogens is 1. The Morgan fingerprint density at radius 1 is 1.02 bits per heavy atom. The van der Waals surface area contributed by atoms with E-state index in [4.69, 9.17) is 35.5 Å². The molecule has 3 aromatic carbocycles. The van der Waals surface area contributed by atoms with Crippen molar-refractivity contribution in [1.82, 2.24) is 9.66 Å². The minimum atomic E-state index is -0.904. The molecule has 214 valence electrons. The number of aromatic nitrogens is 2. The molecular formula is C31H32ClN3O6. The van der Waals surface area contributed by atoms with Crippen LogP contribution in [-0.2, 0) is 9.53 Å². The highest BCUT2D eigenvalue weighted by Gasteiger charge is 2.21. The van der Waals surface area contributed by atoms with E-state index in [0.29, 0.717) is 22.3 Å². The van der Waals surface area contributed by atoms with Gasteiger partial charge in [0.15, 0.2) is 23.4 Å². The topological polar surface area (TPSA) is 101 Å². The van der Waals surface area contributed by atoms with Crippen LogP contribution in [0.4, 0.5) is 0 Å². The van der Waals surface area contributed by atoms with E-state index in [-0.39, 0.29) is 28.0 Å². The molecule has 0 bridgehead atoms. The molecular weight excluding hydrogens is 546 g/mol. The van der Waals surface area contributed by atoms with E-state index < -0.39 is 12.1 Å². The lowest BCUT2D eigenvalue weighted by Crippen LogP contribution is -2.25. The van der Waals surface area contributed by atoms with Gasteiger partial charge in [0.25, 0.3) is 5.56 Å². The molecule has 0 unspecified atom stereocenters. The molecule has 0 saturated carbocycles. The van der Waals surface area contributed by atoms with Gasteiger partial charge < -0.3 is 18.9 Å². The Balaban J connectivity index is 1.88. The number of hydrogen-bond acceptors (Lipinski definition) is 8. The molecule has 0 radical (unpaired) electrons. The van der Waals surface area contributed by atoms with Crippen LogP contribution in [-0.4, -0.2) is 49.3 Å². The number of benzene rings is 3. The highest BCUT2D eigenvalue weighted by molar-refractivity contribution is 6.32. The lowest BCUT2D eigenvalue weighted by Gasteiger charge is -2.18. The third kappa shape index (κ3) is 6.05. The van der Waals surface area contributed by atoms with Crippen LogP contribution in [0.25, 0.3) is 22.3 Å². The van der Waals surface area contributed by atoms with Gasteiger partial charge in [0.05, 0.1) is 43.5 Å². The van der Waals surface area contributed by atoms with Crippen molar-refractivity contribution >= 4 is 34.7 Å². The number of para-hydroxylation sites is 1. The molecule has 41 heavy (non-hydrogen) atoms. The van der Waals surface area contributed by atoms with E-state index in [2.05, 4.69) is 18.9 Å². The Morgan fingerprint density at radius 2 is 1.73 bits per heavy atom. The second-order valence-corrected chi connectivity index (χ2v) is 10.1. The molecule has 1 aromatic heterocycles. The van der Waals surface area contributed by atoms with Crippen LogP contribution in [0.1, 0.15) is 43.4 Å². The molecule has 9 nitrogen and oxygen atoms in total. The third-order valence-electron chi connectivity index (χ3n) is 6.60. The van der Waals surface area contributed by atoms with E-state index in [0.717, 1.165) is 22.4 Å². The minimum Gasteiger partial charge on any atom is -0.496 e. The predicted molar refractivity (Wildman–Crippen MR) is 160 cm³/mol. The normalized spacial score (nSPS) is 12.1. The van der Waals surface area contributed by atoms with Crippen LogP contribution >= 0.6 is 11.6 Å². The van der Waals surface area contributed by atoms with Gasteiger partial charge in [-0.3, -0.25) is 4.79 Å². The fourth-order valence-corrected chi connectivity index (χ4v) is 4.68. The van der Waals surface area contributed by atoms with E-state index in [1.54, 1.807) is 44.4 Å². The zero-order chi connectivity index (χ0) is 29.8. The van der Waals surface area contributed by atoms with Crippen LogP contribution in [0.3, 0.4) is 0 Å². The average molecular weight is 578 g/mol. The molecule has 0 aliphatic carbocycles. The number of ether oxygens (including phenoxy) is 4. The Morgan fingerprint density at radius 3 is 2.39 bits per heavy atom. The maximum absolute atomic E-state index is 13.7. The summed E-state index contributed by atoms with van der Waals surface area (Å²) >= 11 is 6.51. The Kier molecular flexibility index (Phi) is 8.98. The van der Waals surface area contributed by atoms with E-state index >= 15 is 0 Å². The summed E-state index contributed by atoms with van der Waals surface area (Å²) in [5, 5.41) is 5.19. The molecule has 4 aromatic rings. The maximum atomic E-state index is 13.7. The number of fused-ring (bicyclic) bond motifs is 1. The van der Waals surface area contributed by atoms with Crippen molar-refractivity contribution in [1.29, 1.82) is 0 Å². The molecule has 4 rings (SSSR count). The molecule has 0 saturated heterocycles. The Labute approximate surface area is 243 Å². The van der Waals surface area contributed by atoms with Gasteiger partial charge in [-0.1, -0.05) is 37.6 Å². The summed E-state index contributed by atoms with van der Waals surface area (Å²) < 4.78 is 22.8.